The van der Waals surface area contributed by atoms with Gasteiger partial charge in [0.2, 0.25) is 11.4 Å². The highest BCUT2D eigenvalue weighted by atomic mass is 16.6. The third-order valence-electron chi connectivity index (χ3n) is 3.69. The minimum absolute atomic E-state index is 0.0219. The van der Waals surface area contributed by atoms with Gasteiger partial charge in [0, 0.05) is 37.8 Å². The second kappa shape index (κ2) is 6.93. The van der Waals surface area contributed by atoms with Crippen molar-refractivity contribution < 1.29 is 19.2 Å². The summed E-state index contributed by atoms with van der Waals surface area (Å²) < 4.78 is 5.28. The van der Waals surface area contributed by atoms with Crippen LogP contribution in [0.25, 0.3) is 0 Å². The fraction of sp³-hybridized carbons (Fsp3) is 0.857. The number of hydrogen-bond donors (Lipinski definition) is 1. The summed E-state index contributed by atoms with van der Waals surface area (Å²) in [5.41, 5.74) is -1.92. The van der Waals surface area contributed by atoms with Gasteiger partial charge in [0.15, 0.2) is 0 Å². The molecule has 1 N–H and O–H groups in total. The number of ether oxygens (including phenoxy) is 1. The summed E-state index contributed by atoms with van der Waals surface area (Å²) in [7, 11) is 1.50. The maximum atomic E-state index is 12.1. The molecule has 1 atom stereocenters. The van der Waals surface area contributed by atoms with Crippen LogP contribution in [0.1, 0.15) is 46.5 Å². The quantitative estimate of drug-likeness (QED) is 0.626. The minimum Gasteiger partial charge on any atom is -0.444 e. The molecule has 8 nitrogen and oxygen atoms in total. The van der Waals surface area contributed by atoms with Crippen LogP contribution in [-0.4, -0.2) is 53.1 Å². The fourth-order valence-electron chi connectivity index (χ4n) is 2.51. The molecule has 1 rings (SSSR count). The summed E-state index contributed by atoms with van der Waals surface area (Å²) in [4.78, 5) is 36.1. The van der Waals surface area contributed by atoms with Crippen LogP contribution in [0.2, 0.25) is 0 Å². The summed E-state index contributed by atoms with van der Waals surface area (Å²) in [5.74, 6) is -0.240. The topological polar surface area (TPSA) is 102 Å². The number of carbonyl (C=O) groups is 2. The van der Waals surface area contributed by atoms with Gasteiger partial charge in [-0.15, -0.1) is 0 Å². The molecule has 8 heteroatoms. The van der Waals surface area contributed by atoms with Gasteiger partial charge in [-0.3, -0.25) is 14.9 Å². The molecule has 126 valence electrons. The predicted octanol–water partition coefficient (Wildman–Crippen LogP) is 1.56. The van der Waals surface area contributed by atoms with Gasteiger partial charge in [-0.25, -0.2) is 4.79 Å². The highest BCUT2D eigenvalue weighted by Crippen LogP contribution is 2.30. The number of nitrogens with one attached hydrogen (secondary N) is 1. The number of piperidine rings is 1. The first kappa shape index (κ1) is 18.2. The molecule has 0 saturated carbocycles. The lowest BCUT2D eigenvalue weighted by Crippen LogP contribution is -2.55. The molecule has 0 aliphatic carbocycles. The van der Waals surface area contributed by atoms with E-state index < -0.39 is 17.2 Å². The molecule has 1 fully saturated rings. The van der Waals surface area contributed by atoms with Gasteiger partial charge in [-0.2, -0.15) is 0 Å². The molecule has 1 saturated heterocycles. The Morgan fingerprint density at radius 3 is 2.55 bits per heavy atom. The van der Waals surface area contributed by atoms with Gasteiger partial charge in [0.05, 0.1) is 6.54 Å². The molecular weight excluding hydrogens is 290 g/mol. The number of amides is 2. The van der Waals surface area contributed by atoms with Crippen molar-refractivity contribution in [2.24, 2.45) is 0 Å². The highest BCUT2D eigenvalue weighted by Gasteiger charge is 2.48. The first-order chi connectivity index (χ1) is 10.1. The molecule has 1 aliphatic rings. The SMILES string of the molecule is CNC(=O)CCC1([N+](=O)[O-])CCCN(C(=O)OC(C)(C)C)C1. The van der Waals surface area contributed by atoms with Gasteiger partial charge in [-0.05, 0) is 27.2 Å². The number of hydrogen-bond acceptors (Lipinski definition) is 5. The lowest BCUT2D eigenvalue weighted by Gasteiger charge is -2.37. The largest absolute Gasteiger partial charge is 0.444 e. The Bertz CT molecular complexity index is 446. The molecule has 1 heterocycles. The van der Waals surface area contributed by atoms with Crippen molar-refractivity contribution in [3.63, 3.8) is 0 Å². The van der Waals surface area contributed by atoms with Crippen LogP contribution in [-0.2, 0) is 9.53 Å². The Kier molecular flexibility index (Phi) is 5.73. The van der Waals surface area contributed by atoms with Crippen LogP contribution in [0.5, 0.6) is 0 Å². The first-order valence-electron chi connectivity index (χ1n) is 7.43. The van der Waals surface area contributed by atoms with Crippen molar-refractivity contribution >= 4 is 12.0 Å². The van der Waals surface area contributed by atoms with E-state index in [1.165, 1.54) is 11.9 Å². The molecule has 2 amide bonds. The lowest BCUT2D eigenvalue weighted by molar-refractivity contribution is -0.575. The second-order valence-corrected chi connectivity index (χ2v) is 6.66. The van der Waals surface area contributed by atoms with Crippen molar-refractivity contribution in [2.75, 3.05) is 20.1 Å². The molecule has 0 spiro atoms. The van der Waals surface area contributed by atoms with E-state index in [2.05, 4.69) is 5.32 Å². The van der Waals surface area contributed by atoms with Crippen LogP contribution in [0.15, 0.2) is 0 Å². The monoisotopic (exact) mass is 315 g/mol. The summed E-state index contributed by atoms with van der Waals surface area (Å²) in [6, 6.07) is 0. The number of likely N-dealkylation sites (tertiary alicyclic amines) is 1. The van der Waals surface area contributed by atoms with Crippen molar-refractivity contribution in [3.8, 4) is 0 Å². The van der Waals surface area contributed by atoms with E-state index in [-0.39, 0.29) is 30.2 Å². The molecular formula is C14H25N3O5. The van der Waals surface area contributed by atoms with E-state index >= 15 is 0 Å². The Hall–Kier alpha value is -1.86. The Labute approximate surface area is 130 Å². The van der Waals surface area contributed by atoms with E-state index in [0.717, 1.165) is 0 Å². The fourth-order valence-corrected chi connectivity index (χ4v) is 2.51. The van der Waals surface area contributed by atoms with Crippen LogP contribution >= 0.6 is 0 Å². The Morgan fingerprint density at radius 2 is 2.05 bits per heavy atom. The summed E-state index contributed by atoms with van der Waals surface area (Å²) in [6.07, 6.45) is 0.515. The van der Waals surface area contributed by atoms with Crippen LogP contribution in [0, 0.1) is 10.1 Å². The number of carbonyl (C=O) groups excluding carboxylic acids is 2. The van der Waals surface area contributed by atoms with E-state index in [0.29, 0.717) is 19.4 Å². The van der Waals surface area contributed by atoms with Crippen LogP contribution < -0.4 is 5.32 Å². The summed E-state index contributed by atoms with van der Waals surface area (Å²) >= 11 is 0. The normalized spacial score (nSPS) is 22.1. The third-order valence-corrected chi connectivity index (χ3v) is 3.69. The standard InChI is InChI=1S/C14H25N3O5/c1-13(2,3)22-12(19)16-9-5-7-14(10-16,17(20)21)8-6-11(18)15-4/h5-10H2,1-4H3,(H,15,18). The van der Waals surface area contributed by atoms with Gasteiger partial charge in [0.25, 0.3) is 0 Å². The minimum atomic E-state index is -1.28. The molecule has 0 aromatic heterocycles. The maximum absolute atomic E-state index is 12.1. The number of nitrogens with zero attached hydrogens (tertiary/aromatic N) is 2. The molecule has 0 aromatic carbocycles. The van der Waals surface area contributed by atoms with Crippen molar-refractivity contribution in [1.29, 1.82) is 0 Å². The van der Waals surface area contributed by atoms with Crippen LogP contribution in [0.3, 0.4) is 0 Å². The molecule has 0 aromatic rings. The zero-order valence-electron chi connectivity index (χ0n) is 13.7. The average Bonchev–Trinajstić information content (AvgIpc) is 2.43. The number of rotatable bonds is 4. The Balaban J connectivity index is 2.80. The van der Waals surface area contributed by atoms with E-state index in [4.69, 9.17) is 4.74 Å². The lowest BCUT2D eigenvalue weighted by atomic mass is 9.85. The average molecular weight is 315 g/mol. The van der Waals surface area contributed by atoms with E-state index in [9.17, 15) is 19.7 Å². The predicted molar refractivity (Wildman–Crippen MR) is 80.1 cm³/mol. The zero-order chi connectivity index (χ0) is 17.0. The van der Waals surface area contributed by atoms with E-state index in [1.54, 1.807) is 20.8 Å². The summed E-state index contributed by atoms with van der Waals surface area (Å²) in [5, 5.41) is 14.0. The zero-order valence-corrected chi connectivity index (χ0v) is 13.7. The van der Waals surface area contributed by atoms with Gasteiger partial charge in [0.1, 0.15) is 5.60 Å². The molecule has 0 radical (unpaired) electrons. The molecule has 0 bridgehead atoms. The number of nitro groups is 1. The van der Waals surface area contributed by atoms with Gasteiger partial charge < -0.3 is 15.0 Å². The van der Waals surface area contributed by atoms with Gasteiger partial charge in [-0.1, -0.05) is 0 Å². The highest BCUT2D eigenvalue weighted by molar-refractivity contribution is 5.75. The molecule has 22 heavy (non-hydrogen) atoms. The maximum Gasteiger partial charge on any atom is 0.410 e. The van der Waals surface area contributed by atoms with Crippen molar-refractivity contribution in [2.45, 2.75) is 57.6 Å². The second-order valence-electron chi connectivity index (χ2n) is 6.66. The van der Waals surface area contributed by atoms with Crippen molar-refractivity contribution in [3.05, 3.63) is 10.1 Å². The van der Waals surface area contributed by atoms with Crippen LogP contribution in [0.4, 0.5) is 4.79 Å². The van der Waals surface area contributed by atoms with Gasteiger partial charge >= 0.3 is 6.09 Å². The Morgan fingerprint density at radius 1 is 1.41 bits per heavy atom. The first-order valence-corrected chi connectivity index (χ1v) is 7.43. The smallest absolute Gasteiger partial charge is 0.410 e. The van der Waals surface area contributed by atoms with Crippen molar-refractivity contribution in [1.82, 2.24) is 10.2 Å². The molecule has 1 aliphatic heterocycles. The third kappa shape index (κ3) is 4.85. The van der Waals surface area contributed by atoms with E-state index in [1.807, 2.05) is 0 Å². The summed E-state index contributed by atoms with van der Waals surface area (Å²) in [6.45, 7) is 5.67. The molecule has 1 unspecified atom stereocenters.